The Morgan fingerprint density at radius 2 is 1.93 bits per heavy atom. The lowest BCUT2D eigenvalue weighted by Crippen LogP contribution is -2.20. The first kappa shape index (κ1) is 12.5. The van der Waals surface area contributed by atoms with Gasteiger partial charge < -0.3 is 10.2 Å². The molecular formula is C10H18ClN3O. The van der Waals surface area contributed by atoms with Crippen molar-refractivity contribution < 1.29 is 4.42 Å². The molecule has 1 aromatic heterocycles. The predicted octanol–water partition coefficient (Wildman–Crippen LogP) is 2.03. The van der Waals surface area contributed by atoms with E-state index in [0.717, 1.165) is 25.3 Å². The van der Waals surface area contributed by atoms with Crippen molar-refractivity contribution >= 4 is 12.4 Å². The van der Waals surface area contributed by atoms with Crippen molar-refractivity contribution in [3.63, 3.8) is 0 Å². The summed E-state index contributed by atoms with van der Waals surface area (Å²) in [4.78, 5) is 0. The number of aromatic nitrogens is 2. The first-order valence-corrected chi connectivity index (χ1v) is 5.29. The molecule has 0 radical (unpaired) electrons. The zero-order valence-electron chi connectivity index (χ0n) is 8.98. The molecule has 4 nitrogen and oxygen atoms in total. The SMILES string of the molecule is Cc1nnc(C2CCC(CN)CC2)o1.Cl. The van der Waals surface area contributed by atoms with Crippen LogP contribution in [0.3, 0.4) is 0 Å². The highest BCUT2D eigenvalue weighted by Crippen LogP contribution is 2.34. The number of hydrogen-bond acceptors (Lipinski definition) is 4. The van der Waals surface area contributed by atoms with Gasteiger partial charge in [0.1, 0.15) is 0 Å². The lowest BCUT2D eigenvalue weighted by molar-refractivity contribution is 0.294. The minimum atomic E-state index is 0. The third kappa shape index (κ3) is 2.92. The molecule has 1 fully saturated rings. The molecule has 1 saturated carbocycles. The smallest absolute Gasteiger partial charge is 0.219 e. The molecule has 1 aliphatic rings. The van der Waals surface area contributed by atoms with Crippen molar-refractivity contribution in [1.29, 1.82) is 0 Å². The van der Waals surface area contributed by atoms with Gasteiger partial charge in [-0.25, -0.2) is 0 Å². The number of nitrogens with two attached hydrogens (primary N) is 1. The molecule has 0 atom stereocenters. The van der Waals surface area contributed by atoms with Gasteiger partial charge in [-0.05, 0) is 38.1 Å². The normalized spacial score (nSPS) is 26.0. The Bertz CT molecular complexity index is 295. The molecule has 1 heterocycles. The molecular weight excluding hydrogens is 214 g/mol. The second-order valence-electron chi connectivity index (χ2n) is 4.11. The summed E-state index contributed by atoms with van der Waals surface area (Å²) in [6.45, 7) is 2.65. The Labute approximate surface area is 96.0 Å². The third-order valence-corrected chi connectivity index (χ3v) is 3.07. The quantitative estimate of drug-likeness (QED) is 0.846. The van der Waals surface area contributed by atoms with Crippen molar-refractivity contribution in [1.82, 2.24) is 10.2 Å². The van der Waals surface area contributed by atoms with Crippen LogP contribution in [0.1, 0.15) is 43.4 Å². The average Bonchev–Trinajstić information content (AvgIpc) is 2.65. The Kier molecular flexibility index (Phi) is 4.54. The molecule has 0 spiro atoms. The average molecular weight is 232 g/mol. The second kappa shape index (κ2) is 5.47. The van der Waals surface area contributed by atoms with E-state index in [4.69, 9.17) is 10.2 Å². The van der Waals surface area contributed by atoms with Crippen LogP contribution in [0.5, 0.6) is 0 Å². The minimum absolute atomic E-state index is 0. The second-order valence-corrected chi connectivity index (χ2v) is 4.11. The first-order chi connectivity index (χ1) is 6.79. The van der Waals surface area contributed by atoms with Gasteiger partial charge in [-0.3, -0.25) is 0 Å². The highest BCUT2D eigenvalue weighted by molar-refractivity contribution is 5.85. The maximum Gasteiger partial charge on any atom is 0.219 e. The van der Waals surface area contributed by atoms with Crippen LogP contribution in [0.2, 0.25) is 0 Å². The van der Waals surface area contributed by atoms with Gasteiger partial charge in [-0.1, -0.05) is 0 Å². The zero-order valence-corrected chi connectivity index (χ0v) is 9.80. The van der Waals surface area contributed by atoms with Crippen molar-refractivity contribution in [3.8, 4) is 0 Å². The van der Waals surface area contributed by atoms with E-state index in [-0.39, 0.29) is 12.4 Å². The lowest BCUT2D eigenvalue weighted by atomic mass is 9.82. The van der Waals surface area contributed by atoms with Crippen LogP contribution in [0.4, 0.5) is 0 Å². The fraction of sp³-hybridized carbons (Fsp3) is 0.800. The van der Waals surface area contributed by atoms with E-state index in [1.54, 1.807) is 0 Å². The molecule has 2 rings (SSSR count). The highest BCUT2D eigenvalue weighted by Gasteiger charge is 2.24. The van der Waals surface area contributed by atoms with Gasteiger partial charge in [0, 0.05) is 12.8 Å². The van der Waals surface area contributed by atoms with Crippen LogP contribution in [0, 0.1) is 12.8 Å². The summed E-state index contributed by atoms with van der Waals surface area (Å²) in [5.41, 5.74) is 5.64. The summed E-state index contributed by atoms with van der Waals surface area (Å²) in [5, 5.41) is 7.93. The molecule has 1 aromatic rings. The molecule has 0 bridgehead atoms. The highest BCUT2D eigenvalue weighted by atomic mass is 35.5. The van der Waals surface area contributed by atoms with Crippen LogP contribution in [-0.2, 0) is 0 Å². The van der Waals surface area contributed by atoms with E-state index in [1.165, 1.54) is 12.8 Å². The topological polar surface area (TPSA) is 64.9 Å². The van der Waals surface area contributed by atoms with Crippen molar-refractivity contribution in [2.24, 2.45) is 11.7 Å². The summed E-state index contributed by atoms with van der Waals surface area (Å²) < 4.78 is 5.44. The van der Waals surface area contributed by atoms with Crippen molar-refractivity contribution in [2.45, 2.75) is 38.5 Å². The molecule has 0 saturated heterocycles. The van der Waals surface area contributed by atoms with Crippen molar-refractivity contribution in [3.05, 3.63) is 11.8 Å². The van der Waals surface area contributed by atoms with E-state index < -0.39 is 0 Å². The number of aryl methyl sites for hydroxylation is 1. The summed E-state index contributed by atoms with van der Waals surface area (Å²) in [7, 11) is 0. The fourth-order valence-electron chi connectivity index (χ4n) is 2.12. The molecule has 1 aliphatic carbocycles. The summed E-state index contributed by atoms with van der Waals surface area (Å²) in [6.07, 6.45) is 4.68. The molecule has 0 aromatic carbocycles. The number of nitrogens with zero attached hydrogens (tertiary/aromatic N) is 2. The molecule has 5 heteroatoms. The van der Waals surface area contributed by atoms with Gasteiger partial charge in [-0.2, -0.15) is 0 Å². The van der Waals surface area contributed by atoms with Gasteiger partial charge in [0.25, 0.3) is 0 Å². The third-order valence-electron chi connectivity index (χ3n) is 3.07. The zero-order chi connectivity index (χ0) is 9.97. The standard InChI is InChI=1S/C10H17N3O.ClH/c1-7-12-13-10(14-7)9-4-2-8(6-11)3-5-9;/h8-9H,2-6,11H2,1H3;1H. The molecule has 86 valence electrons. The Morgan fingerprint density at radius 1 is 1.27 bits per heavy atom. The number of hydrogen-bond donors (Lipinski definition) is 1. The number of rotatable bonds is 2. The monoisotopic (exact) mass is 231 g/mol. The Hall–Kier alpha value is -0.610. The predicted molar refractivity (Wildman–Crippen MR) is 60.0 cm³/mol. The van der Waals surface area contributed by atoms with Gasteiger partial charge in [0.05, 0.1) is 0 Å². The Morgan fingerprint density at radius 3 is 2.40 bits per heavy atom. The fourth-order valence-corrected chi connectivity index (χ4v) is 2.12. The van der Waals surface area contributed by atoms with Crippen LogP contribution in [0.15, 0.2) is 4.42 Å². The van der Waals surface area contributed by atoms with Gasteiger partial charge in [0.15, 0.2) is 0 Å². The summed E-state index contributed by atoms with van der Waals surface area (Å²) >= 11 is 0. The largest absolute Gasteiger partial charge is 0.425 e. The van der Waals surface area contributed by atoms with Gasteiger partial charge >= 0.3 is 0 Å². The lowest BCUT2D eigenvalue weighted by Gasteiger charge is -2.25. The molecule has 15 heavy (non-hydrogen) atoms. The maximum atomic E-state index is 5.64. The summed E-state index contributed by atoms with van der Waals surface area (Å²) in [6, 6.07) is 0. The minimum Gasteiger partial charge on any atom is -0.425 e. The molecule has 0 aliphatic heterocycles. The van der Waals surface area contributed by atoms with Gasteiger partial charge in [0.2, 0.25) is 11.8 Å². The van der Waals surface area contributed by atoms with E-state index in [9.17, 15) is 0 Å². The Balaban J connectivity index is 0.00000112. The van der Waals surface area contributed by atoms with Crippen LogP contribution in [-0.4, -0.2) is 16.7 Å². The van der Waals surface area contributed by atoms with Gasteiger partial charge in [-0.15, -0.1) is 22.6 Å². The van der Waals surface area contributed by atoms with E-state index in [0.29, 0.717) is 17.7 Å². The van der Waals surface area contributed by atoms with Crippen LogP contribution < -0.4 is 5.73 Å². The van der Waals surface area contributed by atoms with Crippen LogP contribution in [0.25, 0.3) is 0 Å². The van der Waals surface area contributed by atoms with Crippen LogP contribution >= 0.6 is 12.4 Å². The molecule has 2 N–H and O–H groups in total. The molecule has 0 amide bonds. The van der Waals surface area contributed by atoms with E-state index in [2.05, 4.69) is 10.2 Å². The molecule has 0 unspecified atom stereocenters. The summed E-state index contributed by atoms with van der Waals surface area (Å²) in [5.74, 6) is 2.66. The van der Waals surface area contributed by atoms with E-state index in [1.807, 2.05) is 6.92 Å². The first-order valence-electron chi connectivity index (χ1n) is 5.29. The number of halogens is 1. The van der Waals surface area contributed by atoms with E-state index >= 15 is 0 Å². The maximum absolute atomic E-state index is 5.64. The van der Waals surface area contributed by atoms with Crippen molar-refractivity contribution in [2.75, 3.05) is 6.54 Å².